The molecule has 2 nitrogen and oxygen atoms in total. The number of rotatable bonds is 7. The largest absolute Gasteiger partial charge is 0.497 e. The highest BCUT2D eigenvalue weighted by molar-refractivity contribution is 5.27. The lowest BCUT2D eigenvalue weighted by atomic mass is 9.99. The second-order valence-corrected chi connectivity index (χ2v) is 4.45. The molecule has 1 aromatic rings. The fourth-order valence-corrected chi connectivity index (χ4v) is 1.76. The highest BCUT2D eigenvalue weighted by Gasteiger charge is 2.04. The van der Waals surface area contributed by atoms with Crippen LogP contribution < -0.4 is 10.5 Å². The summed E-state index contributed by atoms with van der Waals surface area (Å²) >= 11 is 0. The number of methoxy groups -OCH3 is 1. The van der Waals surface area contributed by atoms with Gasteiger partial charge >= 0.3 is 0 Å². The van der Waals surface area contributed by atoms with E-state index in [0.717, 1.165) is 31.4 Å². The predicted octanol–water partition coefficient (Wildman–Crippen LogP) is 3.31. The van der Waals surface area contributed by atoms with Crippen LogP contribution in [0.2, 0.25) is 0 Å². The highest BCUT2D eigenvalue weighted by Crippen LogP contribution is 2.14. The van der Waals surface area contributed by atoms with Crippen molar-refractivity contribution in [1.29, 1.82) is 0 Å². The molecule has 0 aliphatic heterocycles. The van der Waals surface area contributed by atoms with E-state index in [1.54, 1.807) is 7.11 Å². The lowest BCUT2D eigenvalue weighted by Gasteiger charge is -2.12. The van der Waals surface area contributed by atoms with Gasteiger partial charge in [-0.1, -0.05) is 31.2 Å². The summed E-state index contributed by atoms with van der Waals surface area (Å²) in [4.78, 5) is 0. The quantitative estimate of drug-likeness (QED) is 0.733. The van der Waals surface area contributed by atoms with Gasteiger partial charge in [0, 0.05) is 6.04 Å². The number of hydrogen-bond acceptors (Lipinski definition) is 2. The van der Waals surface area contributed by atoms with E-state index in [9.17, 15) is 0 Å². The van der Waals surface area contributed by atoms with Gasteiger partial charge in [-0.05, 0) is 43.4 Å². The van der Waals surface area contributed by atoms with Crippen LogP contribution in [0, 0.1) is 0 Å². The van der Waals surface area contributed by atoms with Crippen molar-refractivity contribution in [1.82, 2.24) is 0 Å². The average molecular weight is 233 g/mol. The summed E-state index contributed by atoms with van der Waals surface area (Å²) in [6, 6.07) is 8.41. The zero-order valence-electron chi connectivity index (χ0n) is 10.9. The predicted molar refractivity (Wildman–Crippen MR) is 73.3 cm³/mol. The average Bonchev–Trinajstić information content (AvgIpc) is 2.36. The van der Waals surface area contributed by atoms with Gasteiger partial charge < -0.3 is 10.5 Å². The molecular formula is C15H23NO. The van der Waals surface area contributed by atoms with Crippen molar-refractivity contribution < 1.29 is 4.74 Å². The maximum Gasteiger partial charge on any atom is 0.118 e. The summed E-state index contributed by atoms with van der Waals surface area (Å²) in [5.41, 5.74) is 8.62. The molecule has 1 rings (SSSR count). The molecule has 0 aliphatic rings. The van der Waals surface area contributed by atoms with Gasteiger partial charge in [-0.25, -0.2) is 0 Å². The molecule has 0 aromatic heterocycles. The minimum absolute atomic E-state index is 0.226. The Morgan fingerprint density at radius 1 is 1.35 bits per heavy atom. The Kier molecular flexibility index (Phi) is 5.78. The van der Waals surface area contributed by atoms with Gasteiger partial charge in [0.25, 0.3) is 0 Å². The first-order chi connectivity index (χ1) is 8.15. The number of hydrogen-bond donors (Lipinski definition) is 1. The van der Waals surface area contributed by atoms with Crippen molar-refractivity contribution in [3.63, 3.8) is 0 Å². The zero-order chi connectivity index (χ0) is 12.7. The van der Waals surface area contributed by atoms with Crippen molar-refractivity contribution in [3.05, 3.63) is 42.0 Å². The smallest absolute Gasteiger partial charge is 0.118 e. The minimum Gasteiger partial charge on any atom is -0.497 e. The van der Waals surface area contributed by atoms with Gasteiger partial charge in [0.05, 0.1) is 7.11 Å². The maximum absolute atomic E-state index is 6.07. The van der Waals surface area contributed by atoms with E-state index in [2.05, 4.69) is 25.6 Å². The first kappa shape index (κ1) is 13.8. The second-order valence-electron chi connectivity index (χ2n) is 4.45. The van der Waals surface area contributed by atoms with Crippen molar-refractivity contribution in [2.24, 2.45) is 5.73 Å². The standard InChI is InChI=1S/C15H23NO/c1-4-12(2)11-14(16)8-5-13-6-9-15(17-3)10-7-13/h6-7,9-10,14H,2,4-5,8,11,16H2,1,3H3. The summed E-state index contributed by atoms with van der Waals surface area (Å²) in [5.74, 6) is 0.900. The Labute approximate surface area is 104 Å². The molecule has 0 heterocycles. The molecule has 1 aromatic carbocycles. The van der Waals surface area contributed by atoms with E-state index in [1.165, 1.54) is 11.1 Å². The Morgan fingerprint density at radius 3 is 2.53 bits per heavy atom. The summed E-state index contributed by atoms with van der Waals surface area (Å²) in [6.07, 6.45) is 3.98. The zero-order valence-corrected chi connectivity index (χ0v) is 10.9. The van der Waals surface area contributed by atoms with Crippen LogP contribution in [0.3, 0.4) is 0 Å². The Bertz CT molecular complexity index is 342. The van der Waals surface area contributed by atoms with Crippen LogP contribution >= 0.6 is 0 Å². The van der Waals surface area contributed by atoms with Crippen LogP contribution in [0.5, 0.6) is 5.75 Å². The topological polar surface area (TPSA) is 35.2 Å². The van der Waals surface area contributed by atoms with Gasteiger partial charge in [-0.3, -0.25) is 0 Å². The molecule has 0 aliphatic carbocycles. The molecule has 0 bridgehead atoms. The van der Waals surface area contributed by atoms with Crippen LogP contribution in [0.1, 0.15) is 31.7 Å². The third kappa shape index (κ3) is 5.05. The molecule has 0 amide bonds. The maximum atomic E-state index is 6.07. The molecule has 94 valence electrons. The molecule has 0 saturated heterocycles. The molecular weight excluding hydrogens is 210 g/mol. The summed E-state index contributed by atoms with van der Waals surface area (Å²) in [6.45, 7) is 6.12. The molecule has 0 spiro atoms. The molecule has 0 saturated carbocycles. The molecule has 2 N–H and O–H groups in total. The van der Waals surface area contributed by atoms with Gasteiger partial charge in [-0.2, -0.15) is 0 Å². The minimum atomic E-state index is 0.226. The summed E-state index contributed by atoms with van der Waals surface area (Å²) in [5, 5.41) is 0. The fraction of sp³-hybridized carbons (Fsp3) is 0.467. The van der Waals surface area contributed by atoms with Crippen LogP contribution in [-0.2, 0) is 6.42 Å². The van der Waals surface area contributed by atoms with Crippen molar-refractivity contribution in [2.75, 3.05) is 7.11 Å². The van der Waals surface area contributed by atoms with E-state index >= 15 is 0 Å². The summed E-state index contributed by atoms with van der Waals surface area (Å²) < 4.78 is 5.13. The van der Waals surface area contributed by atoms with Crippen molar-refractivity contribution in [3.8, 4) is 5.75 Å². The Hall–Kier alpha value is -1.28. The molecule has 17 heavy (non-hydrogen) atoms. The second kappa shape index (κ2) is 7.13. The van der Waals surface area contributed by atoms with Crippen molar-refractivity contribution in [2.45, 2.75) is 38.6 Å². The normalized spacial score (nSPS) is 12.2. The van der Waals surface area contributed by atoms with Gasteiger partial charge in [0.15, 0.2) is 0 Å². The van der Waals surface area contributed by atoms with Gasteiger partial charge in [0.1, 0.15) is 5.75 Å². The van der Waals surface area contributed by atoms with Gasteiger partial charge in [0.2, 0.25) is 0 Å². The number of benzene rings is 1. The van der Waals surface area contributed by atoms with E-state index in [-0.39, 0.29) is 6.04 Å². The number of aryl methyl sites for hydroxylation is 1. The van der Waals surface area contributed by atoms with E-state index in [1.807, 2.05) is 12.1 Å². The van der Waals surface area contributed by atoms with Gasteiger partial charge in [-0.15, -0.1) is 0 Å². The van der Waals surface area contributed by atoms with E-state index < -0.39 is 0 Å². The summed E-state index contributed by atoms with van der Waals surface area (Å²) in [7, 11) is 1.68. The molecule has 1 unspecified atom stereocenters. The third-order valence-corrected chi connectivity index (χ3v) is 3.01. The van der Waals surface area contributed by atoms with Crippen LogP contribution in [-0.4, -0.2) is 13.2 Å². The Morgan fingerprint density at radius 2 is 2.00 bits per heavy atom. The number of ether oxygens (including phenoxy) is 1. The molecule has 2 heteroatoms. The fourth-order valence-electron chi connectivity index (χ4n) is 1.76. The third-order valence-electron chi connectivity index (χ3n) is 3.01. The van der Waals surface area contributed by atoms with Crippen LogP contribution in [0.25, 0.3) is 0 Å². The molecule has 0 fully saturated rings. The highest BCUT2D eigenvalue weighted by atomic mass is 16.5. The Balaban J connectivity index is 2.36. The molecule has 1 atom stereocenters. The first-order valence-electron chi connectivity index (χ1n) is 6.20. The van der Waals surface area contributed by atoms with Crippen molar-refractivity contribution >= 4 is 0 Å². The number of nitrogens with two attached hydrogens (primary N) is 1. The first-order valence-corrected chi connectivity index (χ1v) is 6.20. The monoisotopic (exact) mass is 233 g/mol. The van der Waals surface area contributed by atoms with Crippen LogP contribution in [0.15, 0.2) is 36.4 Å². The van der Waals surface area contributed by atoms with E-state index in [0.29, 0.717) is 0 Å². The molecule has 0 radical (unpaired) electrons. The lowest BCUT2D eigenvalue weighted by molar-refractivity contribution is 0.414. The van der Waals surface area contributed by atoms with Crippen LogP contribution in [0.4, 0.5) is 0 Å². The van der Waals surface area contributed by atoms with E-state index in [4.69, 9.17) is 10.5 Å². The SMILES string of the molecule is C=C(CC)CC(N)CCc1ccc(OC)cc1. The lowest BCUT2D eigenvalue weighted by Crippen LogP contribution is -2.21.